The molecule has 0 spiro atoms. The number of aromatic nitrogens is 2. The fourth-order valence-electron chi connectivity index (χ4n) is 14.3. The third kappa shape index (κ3) is 7.74. The van der Waals surface area contributed by atoms with Crippen molar-refractivity contribution in [2.75, 3.05) is 5.32 Å². The molecule has 1 N–H and O–H groups in total. The Labute approximate surface area is 486 Å². The van der Waals surface area contributed by atoms with Crippen molar-refractivity contribution in [2.24, 2.45) is 11.8 Å². The second-order valence-corrected chi connectivity index (χ2v) is 25.4. The standard InChI is InChI=1S/C76H60N4S2/c1-46(47(2)61-43-49-22-6-7-23-51(49)52-24-8-9-25-53(52)61)42-68(79-65-33-17-11-29-57(65)58-39-41-72-74(75(58)79)60-31-15-21-37-70(60)82-72)62(44-77)63(76(4,5)80-66-34-18-12-27-55(66)56-28-13-19-35-67(56)80)45-78-64-32-16-10-26-54(64)50-38-40-71-73(48(50)3)59-30-14-20-36-69(59)81-71/h6-41,45-47,61,78H,42-43H2,1-5H3/b63-45-,68-62+. The monoisotopic (exact) mass is 1090 g/mol. The molecule has 4 nitrogen and oxygen atoms in total. The lowest BCUT2D eigenvalue weighted by atomic mass is 9.69. The van der Waals surface area contributed by atoms with E-state index in [0.29, 0.717) is 12.0 Å². The zero-order valence-electron chi connectivity index (χ0n) is 46.7. The van der Waals surface area contributed by atoms with Crippen LogP contribution in [-0.4, -0.2) is 9.13 Å². The molecule has 3 atom stereocenters. The van der Waals surface area contributed by atoms with E-state index in [1.165, 1.54) is 95.3 Å². The van der Waals surface area contributed by atoms with Crippen LogP contribution in [0.3, 0.4) is 0 Å². The number of anilines is 1. The van der Waals surface area contributed by atoms with Crippen LogP contribution >= 0.6 is 22.7 Å². The van der Waals surface area contributed by atoms with Gasteiger partial charge in [0.05, 0.1) is 22.1 Å². The first-order chi connectivity index (χ1) is 40.2. The summed E-state index contributed by atoms with van der Waals surface area (Å²) in [5, 5.41) is 26.5. The number of benzene rings is 10. The van der Waals surface area contributed by atoms with Gasteiger partial charge in [-0.15, -0.1) is 22.7 Å². The van der Waals surface area contributed by atoms with Crippen molar-refractivity contribution < 1.29 is 0 Å². The predicted octanol–water partition coefficient (Wildman–Crippen LogP) is 21.4. The molecule has 0 radical (unpaired) electrons. The predicted molar refractivity (Wildman–Crippen MR) is 352 cm³/mol. The van der Waals surface area contributed by atoms with Gasteiger partial charge < -0.3 is 14.5 Å². The van der Waals surface area contributed by atoms with Gasteiger partial charge >= 0.3 is 0 Å². The maximum Gasteiger partial charge on any atom is 0.101 e. The van der Waals surface area contributed by atoms with Crippen LogP contribution in [-0.2, 0) is 12.0 Å². The van der Waals surface area contributed by atoms with Gasteiger partial charge in [-0.05, 0) is 133 Å². The fraction of sp³-hybridized carbons (Fsp3) is 0.145. The molecule has 82 heavy (non-hydrogen) atoms. The molecule has 1 aliphatic carbocycles. The van der Waals surface area contributed by atoms with E-state index < -0.39 is 5.54 Å². The molecule has 0 amide bonds. The van der Waals surface area contributed by atoms with Crippen LogP contribution < -0.4 is 5.32 Å². The van der Waals surface area contributed by atoms with Crippen LogP contribution in [0, 0.1) is 30.1 Å². The average Bonchev–Trinajstić information content (AvgIpc) is 3.15. The Balaban J connectivity index is 1.01. The normalized spacial score (nSPS) is 14.9. The van der Waals surface area contributed by atoms with Crippen molar-refractivity contribution in [1.82, 2.24) is 9.13 Å². The number of nitriles is 1. The molecule has 0 saturated carbocycles. The smallest absolute Gasteiger partial charge is 0.101 e. The van der Waals surface area contributed by atoms with E-state index in [1.54, 1.807) is 0 Å². The molecule has 10 aromatic carbocycles. The van der Waals surface area contributed by atoms with Gasteiger partial charge in [-0.25, -0.2) is 0 Å². The summed E-state index contributed by atoms with van der Waals surface area (Å²) in [4.78, 5) is 0. The summed E-state index contributed by atoms with van der Waals surface area (Å²) < 4.78 is 10.1. The van der Waals surface area contributed by atoms with Crippen molar-refractivity contribution in [3.8, 4) is 28.3 Å². The second-order valence-electron chi connectivity index (χ2n) is 23.2. The number of hydrogen-bond acceptors (Lipinski definition) is 4. The molecule has 0 aliphatic heterocycles. The second kappa shape index (κ2) is 19.6. The minimum Gasteiger partial charge on any atom is -0.361 e. The highest BCUT2D eigenvalue weighted by Crippen LogP contribution is 2.51. The van der Waals surface area contributed by atoms with E-state index in [2.05, 4.69) is 280 Å². The third-order valence-electron chi connectivity index (χ3n) is 18.5. The van der Waals surface area contributed by atoms with Crippen molar-refractivity contribution in [3.63, 3.8) is 0 Å². The zero-order valence-corrected chi connectivity index (χ0v) is 48.3. The van der Waals surface area contributed by atoms with Crippen LogP contribution in [0.5, 0.6) is 0 Å². The first-order valence-corrected chi connectivity index (χ1v) is 30.4. The third-order valence-corrected chi connectivity index (χ3v) is 20.7. The summed E-state index contributed by atoms with van der Waals surface area (Å²) >= 11 is 3.70. The summed E-state index contributed by atoms with van der Waals surface area (Å²) in [5.74, 6) is 0.646. The number of thiophene rings is 2. The summed E-state index contributed by atoms with van der Waals surface area (Å²) in [5.41, 5.74) is 16.2. The number of aryl methyl sites for hydroxylation is 1. The molecule has 6 heteroatoms. The number of fused-ring (bicyclic) bond motifs is 16. The number of allylic oxidation sites excluding steroid dienone is 3. The molecule has 15 rings (SSSR count). The number of nitrogens with one attached hydrogen (secondary N) is 1. The average molecular weight is 1090 g/mol. The largest absolute Gasteiger partial charge is 0.361 e. The van der Waals surface area contributed by atoms with E-state index in [-0.39, 0.29) is 17.8 Å². The molecule has 3 unspecified atom stereocenters. The fourth-order valence-corrected chi connectivity index (χ4v) is 16.6. The summed E-state index contributed by atoms with van der Waals surface area (Å²) in [6.45, 7) is 11.8. The summed E-state index contributed by atoms with van der Waals surface area (Å²) in [7, 11) is 0. The molecule has 396 valence electrons. The molecule has 14 aromatic rings. The maximum atomic E-state index is 12.7. The van der Waals surface area contributed by atoms with E-state index in [0.717, 1.165) is 51.0 Å². The van der Waals surface area contributed by atoms with Crippen LogP contribution in [0.15, 0.2) is 236 Å². The first-order valence-electron chi connectivity index (χ1n) is 28.8. The molecule has 4 heterocycles. The Kier molecular flexibility index (Phi) is 12.0. The minimum absolute atomic E-state index is 0.133. The zero-order chi connectivity index (χ0) is 55.4. The van der Waals surface area contributed by atoms with E-state index in [4.69, 9.17) is 0 Å². The lowest BCUT2D eigenvalue weighted by Crippen LogP contribution is -2.31. The van der Waals surface area contributed by atoms with Gasteiger partial charge in [0.25, 0.3) is 0 Å². The van der Waals surface area contributed by atoms with Gasteiger partial charge in [-0.2, -0.15) is 5.26 Å². The van der Waals surface area contributed by atoms with Gasteiger partial charge in [-0.3, -0.25) is 0 Å². The molecule has 0 bridgehead atoms. The molecule has 1 aliphatic rings. The lowest BCUT2D eigenvalue weighted by Gasteiger charge is -2.36. The van der Waals surface area contributed by atoms with Gasteiger partial charge in [-0.1, -0.05) is 184 Å². The molecule has 4 aromatic heterocycles. The van der Waals surface area contributed by atoms with Crippen LogP contribution in [0.4, 0.5) is 5.69 Å². The topological polar surface area (TPSA) is 45.7 Å². The van der Waals surface area contributed by atoms with Crippen LogP contribution in [0.2, 0.25) is 0 Å². The van der Waals surface area contributed by atoms with Gasteiger partial charge in [0.15, 0.2) is 0 Å². The Bertz CT molecular complexity index is 4970. The van der Waals surface area contributed by atoms with Gasteiger partial charge in [0.2, 0.25) is 0 Å². The van der Waals surface area contributed by atoms with E-state index >= 15 is 0 Å². The van der Waals surface area contributed by atoms with Crippen LogP contribution in [0.25, 0.3) is 112 Å². The highest BCUT2D eigenvalue weighted by Gasteiger charge is 2.37. The molecular formula is C76H60N4S2. The summed E-state index contributed by atoms with van der Waals surface area (Å²) in [6.07, 6.45) is 3.80. The SMILES string of the molecule is Cc1c(-c2ccccc2N/C=C(/C(C#N)=C(\CC(C)C(C)C2Cc3ccccc3-c3ccccc32)n2c3ccccc3c3ccc4sc5ccccc5c4c32)C(C)(C)n2c3ccccc3c3ccccc32)ccc2sc3ccccc3c12. The Morgan fingerprint density at radius 2 is 1.10 bits per heavy atom. The quantitative estimate of drug-likeness (QED) is 0.104. The molecule has 0 fully saturated rings. The van der Waals surface area contributed by atoms with Crippen molar-refractivity contribution in [3.05, 3.63) is 252 Å². The van der Waals surface area contributed by atoms with Crippen molar-refractivity contribution in [1.29, 1.82) is 5.26 Å². The number of hydrogen-bond donors (Lipinski definition) is 1. The van der Waals surface area contributed by atoms with E-state index in [9.17, 15) is 5.26 Å². The highest BCUT2D eigenvalue weighted by atomic mass is 32.1. The number of nitrogens with zero attached hydrogens (tertiary/aromatic N) is 3. The van der Waals surface area contributed by atoms with Crippen molar-refractivity contribution >= 4 is 118 Å². The summed E-state index contributed by atoms with van der Waals surface area (Å²) in [6, 6.07) is 83.1. The number of para-hydroxylation sites is 4. The Hall–Kier alpha value is -8.99. The number of rotatable bonds is 11. The van der Waals surface area contributed by atoms with Crippen LogP contribution in [0.1, 0.15) is 56.7 Å². The minimum atomic E-state index is -0.810. The Morgan fingerprint density at radius 3 is 1.79 bits per heavy atom. The van der Waals surface area contributed by atoms with E-state index in [1.807, 2.05) is 22.7 Å². The first kappa shape index (κ1) is 50.0. The van der Waals surface area contributed by atoms with Gasteiger partial charge in [0.1, 0.15) is 6.07 Å². The molecular weight excluding hydrogens is 1030 g/mol. The Morgan fingerprint density at radius 1 is 0.561 bits per heavy atom. The maximum absolute atomic E-state index is 12.7. The molecule has 0 saturated heterocycles. The lowest BCUT2D eigenvalue weighted by molar-refractivity contribution is 0.324. The van der Waals surface area contributed by atoms with Gasteiger partial charge in [0, 0.05) is 102 Å². The highest BCUT2D eigenvalue weighted by molar-refractivity contribution is 7.26. The van der Waals surface area contributed by atoms with Crippen molar-refractivity contribution in [2.45, 2.75) is 58.9 Å².